The molecule has 0 aromatic heterocycles. The van der Waals surface area contributed by atoms with Gasteiger partial charge in [0.2, 0.25) is 10.0 Å². The fourth-order valence-corrected chi connectivity index (χ4v) is 6.35. The molecule has 12 nitrogen and oxygen atoms in total. The van der Waals surface area contributed by atoms with Crippen LogP contribution in [0.3, 0.4) is 0 Å². The molecule has 0 saturated heterocycles. The van der Waals surface area contributed by atoms with Crippen molar-refractivity contribution in [3.8, 4) is 11.5 Å². The van der Waals surface area contributed by atoms with E-state index in [0.717, 1.165) is 12.8 Å². The second-order valence-electron chi connectivity index (χ2n) is 12.2. The molecule has 0 fully saturated rings. The number of urea groups is 1. The number of aliphatic hydroxyl groups is 1. The zero-order chi connectivity index (χ0) is 34.0. The van der Waals surface area contributed by atoms with Gasteiger partial charge in [-0.2, -0.15) is 4.31 Å². The number of nitrogens with zero attached hydrogens (tertiary/aromatic N) is 2. The number of anilines is 1. The van der Waals surface area contributed by atoms with Crippen molar-refractivity contribution in [2.24, 2.45) is 5.92 Å². The van der Waals surface area contributed by atoms with Gasteiger partial charge >= 0.3 is 6.03 Å². The van der Waals surface area contributed by atoms with Crippen molar-refractivity contribution in [2.75, 3.05) is 45.8 Å². The van der Waals surface area contributed by atoms with Gasteiger partial charge in [0, 0.05) is 44.4 Å². The smallest absolute Gasteiger partial charge is 0.319 e. The van der Waals surface area contributed by atoms with E-state index in [2.05, 4.69) is 10.6 Å². The van der Waals surface area contributed by atoms with Crippen LogP contribution in [0.2, 0.25) is 0 Å². The third-order valence-corrected chi connectivity index (χ3v) is 9.77. The van der Waals surface area contributed by atoms with Crippen LogP contribution in [0.1, 0.15) is 64.2 Å². The van der Waals surface area contributed by atoms with E-state index < -0.39 is 34.1 Å². The Balaban J connectivity index is 1.95. The Kier molecular flexibility index (Phi) is 13.7. The summed E-state index contributed by atoms with van der Waals surface area (Å²) < 4.78 is 45.9. The minimum atomic E-state index is -3.84. The molecule has 0 unspecified atom stereocenters. The van der Waals surface area contributed by atoms with E-state index in [4.69, 9.17) is 14.2 Å². The molecular weight excluding hydrogens is 612 g/mol. The molecule has 13 heteroatoms. The van der Waals surface area contributed by atoms with Crippen LogP contribution in [0.25, 0.3) is 0 Å². The Morgan fingerprint density at radius 1 is 1.13 bits per heavy atom. The lowest BCUT2D eigenvalue weighted by Gasteiger charge is -2.35. The van der Waals surface area contributed by atoms with Crippen molar-refractivity contribution in [3.63, 3.8) is 0 Å². The highest BCUT2D eigenvalue weighted by molar-refractivity contribution is 7.89. The van der Waals surface area contributed by atoms with Gasteiger partial charge < -0.3 is 34.9 Å². The standard InChI is InChI=1S/C33H50N4O8S/c1-22(2)34-33(40)35-26-11-16-30-29(18-26)32(39)37(24(4)21-38)19-23(3)31(44-17-9-8-10-25(5)45-30)20-36(6)46(41,42)28-14-12-27(43-7)13-15-28/h11-16,18,22-25,31,38H,8-10,17,19-21H2,1-7H3,(H2,34,35,40)/t23-,24+,25-,31-/m1/s1. The molecule has 1 aliphatic heterocycles. The number of sulfonamides is 1. The minimum Gasteiger partial charge on any atom is -0.497 e. The van der Waals surface area contributed by atoms with Crippen LogP contribution in [-0.4, -0.2) is 99.4 Å². The van der Waals surface area contributed by atoms with E-state index in [1.807, 2.05) is 27.7 Å². The summed E-state index contributed by atoms with van der Waals surface area (Å²) in [5.41, 5.74) is 0.661. The zero-order valence-corrected chi connectivity index (χ0v) is 28.8. The van der Waals surface area contributed by atoms with Crippen LogP contribution in [0.5, 0.6) is 11.5 Å². The average Bonchev–Trinajstić information content (AvgIpc) is 3.01. The summed E-state index contributed by atoms with van der Waals surface area (Å²) in [5, 5.41) is 15.7. The first-order chi connectivity index (χ1) is 21.8. The summed E-state index contributed by atoms with van der Waals surface area (Å²) in [6, 6.07) is 10.1. The fraction of sp³-hybridized carbons (Fsp3) is 0.576. The third-order valence-electron chi connectivity index (χ3n) is 7.93. The summed E-state index contributed by atoms with van der Waals surface area (Å²) in [4.78, 5) is 28.4. The number of likely N-dealkylation sites (N-methyl/N-ethyl adjacent to an activating group) is 1. The van der Waals surface area contributed by atoms with Gasteiger partial charge in [-0.15, -0.1) is 0 Å². The monoisotopic (exact) mass is 662 g/mol. The molecule has 3 N–H and O–H groups in total. The molecule has 2 aromatic rings. The number of aliphatic hydroxyl groups excluding tert-OH is 1. The maximum atomic E-state index is 14.2. The Morgan fingerprint density at radius 3 is 2.46 bits per heavy atom. The molecule has 1 aliphatic rings. The highest BCUT2D eigenvalue weighted by Crippen LogP contribution is 2.29. The number of fused-ring (bicyclic) bond motifs is 1. The van der Waals surface area contributed by atoms with E-state index in [0.29, 0.717) is 30.2 Å². The molecule has 1 heterocycles. The summed E-state index contributed by atoms with van der Waals surface area (Å²) in [6.07, 6.45) is 1.48. The average molecular weight is 663 g/mol. The number of hydrogen-bond acceptors (Lipinski definition) is 8. The van der Waals surface area contributed by atoms with Crippen LogP contribution >= 0.6 is 0 Å². The summed E-state index contributed by atoms with van der Waals surface area (Å²) in [5.74, 6) is 0.218. The molecule has 256 valence electrons. The third kappa shape index (κ3) is 10.1. The van der Waals surface area contributed by atoms with Gasteiger partial charge in [-0.25, -0.2) is 13.2 Å². The van der Waals surface area contributed by atoms with Gasteiger partial charge in [0.15, 0.2) is 0 Å². The Bertz CT molecular complexity index is 1400. The molecule has 0 radical (unpaired) electrons. The van der Waals surface area contributed by atoms with Crippen molar-refractivity contribution >= 4 is 27.6 Å². The molecule has 0 bridgehead atoms. The number of ether oxygens (including phenoxy) is 3. The molecule has 3 amide bonds. The summed E-state index contributed by atoms with van der Waals surface area (Å²) in [6.45, 7) is 9.61. The fourth-order valence-electron chi connectivity index (χ4n) is 5.17. The second kappa shape index (κ2) is 17.0. The van der Waals surface area contributed by atoms with Gasteiger partial charge in [0.25, 0.3) is 5.91 Å². The van der Waals surface area contributed by atoms with Crippen LogP contribution in [0.15, 0.2) is 47.4 Å². The number of carbonyl (C=O) groups is 2. The first-order valence-electron chi connectivity index (χ1n) is 15.8. The topological polar surface area (TPSA) is 147 Å². The number of benzene rings is 2. The van der Waals surface area contributed by atoms with Crippen LogP contribution in [0, 0.1) is 5.92 Å². The first-order valence-corrected chi connectivity index (χ1v) is 17.2. The lowest BCUT2D eigenvalue weighted by atomic mass is 10.0. The number of amides is 3. The number of methoxy groups -OCH3 is 1. The van der Waals surface area contributed by atoms with Crippen molar-refractivity contribution in [3.05, 3.63) is 48.0 Å². The van der Waals surface area contributed by atoms with Gasteiger partial charge in [0.1, 0.15) is 11.5 Å². The van der Waals surface area contributed by atoms with Gasteiger partial charge in [-0.3, -0.25) is 4.79 Å². The van der Waals surface area contributed by atoms with E-state index in [-0.39, 0.29) is 48.2 Å². The largest absolute Gasteiger partial charge is 0.497 e. The molecule has 0 aliphatic carbocycles. The Morgan fingerprint density at radius 2 is 1.83 bits per heavy atom. The van der Waals surface area contributed by atoms with E-state index >= 15 is 0 Å². The minimum absolute atomic E-state index is 0.0558. The van der Waals surface area contributed by atoms with Crippen LogP contribution in [0.4, 0.5) is 10.5 Å². The normalized spacial score (nSPS) is 20.8. The highest BCUT2D eigenvalue weighted by Gasteiger charge is 2.32. The van der Waals surface area contributed by atoms with E-state index in [1.54, 1.807) is 42.2 Å². The first kappa shape index (κ1) is 37.1. The maximum absolute atomic E-state index is 14.2. The molecule has 2 aromatic carbocycles. The van der Waals surface area contributed by atoms with Gasteiger partial charge in [0.05, 0.1) is 42.4 Å². The van der Waals surface area contributed by atoms with Crippen molar-refractivity contribution in [1.29, 1.82) is 0 Å². The summed E-state index contributed by atoms with van der Waals surface area (Å²) in [7, 11) is -0.813. The number of hydrogen-bond donors (Lipinski definition) is 3. The molecule has 46 heavy (non-hydrogen) atoms. The van der Waals surface area contributed by atoms with Crippen LogP contribution < -0.4 is 20.1 Å². The van der Waals surface area contributed by atoms with Crippen LogP contribution in [-0.2, 0) is 14.8 Å². The lowest BCUT2D eigenvalue weighted by Crippen LogP contribution is -2.48. The lowest BCUT2D eigenvalue weighted by molar-refractivity contribution is -0.00834. The zero-order valence-electron chi connectivity index (χ0n) is 28.0. The number of carbonyl (C=O) groups excluding carboxylic acids is 2. The summed E-state index contributed by atoms with van der Waals surface area (Å²) >= 11 is 0. The van der Waals surface area contributed by atoms with Crippen molar-refractivity contribution in [1.82, 2.24) is 14.5 Å². The highest BCUT2D eigenvalue weighted by atomic mass is 32.2. The predicted octanol–water partition coefficient (Wildman–Crippen LogP) is 4.34. The van der Waals surface area contributed by atoms with E-state index in [1.165, 1.54) is 30.6 Å². The quantitative estimate of drug-likeness (QED) is 0.360. The van der Waals surface area contributed by atoms with Crippen molar-refractivity contribution in [2.45, 2.75) is 83.1 Å². The Hall–Kier alpha value is -3.39. The molecule has 4 atom stereocenters. The van der Waals surface area contributed by atoms with E-state index in [9.17, 15) is 23.1 Å². The van der Waals surface area contributed by atoms with Gasteiger partial charge in [-0.1, -0.05) is 6.92 Å². The number of nitrogens with one attached hydrogen (secondary N) is 2. The maximum Gasteiger partial charge on any atom is 0.319 e. The molecular formula is C33H50N4O8S. The molecule has 0 saturated carbocycles. The van der Waals surface area contributed by atoms with Crippen molar-refractivity contribution < 1.29 is 37.3 Å². The number of rotatable bonds is 9. The SMILES string of the molecule is COc1ccc(S(=O)(=O)N(C)C[C@H]2OCCCC[C@@H](C)Oc3ccc(NC(=O)NC(C)C)cc3C(=O)N([C@@H](C)CO)C[C@H]2C)cc1. The van der Waals surface area contributed by atoms with Gasteiger partial charge in [-0.05, 0) is 89.4 Å². The predicted molar refractivity (Wildman–Crippen MR) is 177 cm³/mol. The Labute approximate surface area is 273 Å². The molecule has 0 spiro atoms. The molecule has 3 rings (SSSR count). The second-order valence-corrected chi connectivity index (χ2v) is 14.3.